The van der Waals surface area contributed by atoms with Gasteiger partial charge in [0.25, 0.3) is 0 Å². The number of amidine groups is 1. The summed E-state index contributed by atoms with van der Waals surface area (Å²) in [6.07, 6.45) is 0.763. The highest BCUT2D eigenvalue weighted by Gasteiger charge is 2.13. The molecule has 1 atom stereocenters. The Morgan fingerprint density at radius 3 is 2.71 bits per heavy atom. The monoisotopic (exact) mass is 188 g/mol. The second kappa shape index (κ2) is 4.11. The Bertz CT molecular complexity index is 356. The molecule has 4 nitrogen and oxygen atoms in total. The van der Waals surface area contributed by atoms with Crippen molar-refractivity contribution in [2.45, 2.75) is 12.5 Å². The quantitative estimate of drug-likeness (QED) is 0.765. The van der Waals surface area contributed by atoms with Gasteiger partial charge in [0.15, 0.2) is 12.5 Å². The summed E-state index contributed by atoms with van der Waals surface area (Å²) in [5, 5.41) is 7.65. The van der Waals surface area contributed by atoms with E-state index in [0.717, 1.165) is 6.42 Å². The molecular formula is C10H12N4. The molecule has 0 aliphatic carbocycles. The summed E-state index contributed by atoms with van der Waals surface area (Å²) in [7, 11) is 0. The molecule has 0 bridgehead atoms. The average Bonchev–Trinajstić information content (AvgIpc) is 2.72. The van der Waals surface area contributed by atoms with Crippen LogP contribution < -0.4 is 5.73 Å². The van der Waals surface area contributed by atoms with Crippen LogP contribution in [0, 0.1) is 0 Å². The number of benzene rings is 1. The van der Waals surface area contributed by atoms with Gasteiger partial charge in [0.2, 0.25) is 0 Å². The summed E-state index contributed by atoms with van der Waals surface area (Å²) in [6, 6.07) is 9.95. The summed E-state index contributed by atoms with van der Waals surface area (Å²) in [5.41, 5.74) is 7.13. The molecule has 14 heavy (non-hydrogen) atoms. The third-order valence-corrected chi connectivity index (χ3v) is 2.10. The maximum atomic E-state index is 5.93. The molecule has 1 heterocycles. The number of rotatable bonds is 3. The molecule has 0 spiro atoms. The fourth-order valence-electron chi connectivity index (χ4n) is 1.39. The van der Waals surface area contributed by atoms with Gasteiger partial charge in [-0.25, -0.2) is 4.99 Å². The summed E-state index contributed by atoms with van der Waals surface area (Å²) in [6.45, 7) is 0.428. The first-order valence-corrected chi connectivity index (χ1v) is 4.57. The molecule has 0 unspecified atom stereocenters. The zero-order valence-corrected chi connectivity index (χ0v) is 7.80. The lowest BCUT2D eigenvalue weighted by molar-refractivity contribution is 0.841. The van der Waals surface area contributed by atoms with Crippen molar-refractivity contribution in [2.24, 2.45) is 21.0 Å². The first kappa shape index (κ1) is 9.02. The molecule has 0 fully saturated rings. The van der Waals surface area contributed by atoms with Crippen molar-refractivity contribution in [3.8, 4) is 0 Å². The SMILES string of the molecule is N[C@@H](Cc1ccccc1)C1=NCN=N1. The van der Waals surface area contributed by atoms with Gasteiger partial charge in [0, 0.05) is 0 Å². The number of aliphatic imine (C=N–C) groups is 1. The minimum Gasteiger partial charge on any atom is -0.321 e. The Morgan fingerprint density at radius 2 is 2.07 bits per heavy atom. The molecule has 0 saturated carbocycles. The highest BCUT2D eigenvalue weighted by molar-refractivity contribution is 5.88. The van der Waals surface area contributed by atoms with E-state index >= 15 is 0 Å². The van der Waals surface area contributed by atoms with Crippen LogP contribution in [0.5, 0.6) is 0 Å². The van der Waals surface area contributed by atoms with Crippen molar-refractivity contribution in [1.29, 1.82) is 0 Å². The van der Waals surface area contributed by atoms with Crippen LogP contribution in [0.25, 0.3) is 0 Å². The Kier molecular flexibility index (Phi) is 2.65. The van der Waals surface area contributed by atoms with Crippen molar-refractivity contribution < 1.29 is 0 Å². The molecule has 72 valence electrons. The molecule has 2 N–H and O–H groups in total. The minimum absolute atomic E-state index is 0.136. The van der Waals surface area contributed by atoms with Crippen LogP contribution >= 0.6 is 0 Å². The van der Waals surface area contributed by atoms with Crippen LogP contribution in [0.4, 0.5) is 0 Å². The third-order valence-electron chi connectivity index (χ3n) is 2.10. The number of nitrogens with two attached hydrogens (primary N) is 1. The third kappa shape index (κ3) is 2.03. The number of nitrogens with zero attached hydrogens (tertiary/aromatic N) is 3. The lowest BCUT2D eigenvalue weighted by Crippen LogP contribution is -2.30. The van der Waals surface area contributed by atoms with Gasteiger partial charge in [-0.3, -0.25) is 0 Å². The maximum absolute atomic E-state index is 5.93. The van der Waals surface area contributed by atoms with Crippen molar-refractivity contribution >= 4 is 5.84 Å². The molecule has 4 heteroatoms. The number of hydrogen-bond donors (Lipinski definition) is 1. The lowest BCUT2D eigenvalue weighted by Gasteiger charge is -2.07. The van der Waals surface area contributed by atoms with Crippen LogP contribution in [0.2, 0.25) is 0 Å². The molecular weight excluding hydrogens is 176 g/mol. The fraction of sp³-hybridized carbons (Fsp3) is 0.300. The summed E-state index contributed by atoms with van der Waals surface area (Å²) < 4.78 is 0. The molecule has 1 aromatic rings. The molecule has 1 aromatic carbocycles. The molecule has 1 aliphatic heterocycles. The molecule has 0 saturated heterocycles. The predicted molar refractivity (Wildman–Crippen MR) is 55.3 cm³/mol. The maximum Gasteiger partial charge on any atom is 0.165 e. The predicted octanol–water partition coefficient (Wildman–Crippen LogP) is 1.38. The number of hydrogen-bond acceptors (Lipinski definition) is 4. The number of azo groups is 1. The molecule has 0 aromatic heterocycles. The van der Waals surface area contributed by atoms with Crippen LogP contribution in [-0.2, 0) is 6.42 Å². The Hall–Kier alpha value is -1.55. The van der Waals surface area contributed by atoms with Crippen LogP contribution in [0.3, 0.4) is 0 Å². The van der Waals surface area contributed by atoms with E-state index < -0.39 is 0 Å². The summed E-state index contributed by atoms with van der Waals surface area (Å²) in [4.78, 5) is 4.09. The van der Waals surface area contributed by atoms with E-state index in [1.54, 1.807) is 0 Å². The Balaban J connectivity index is 2.01. The van der Waals surface area contributed by atoms with Gasteiger partial charge in [-0.1, -0.05) is 30.3 Å². The van der Waals surface area contributed by atoms with E-state index in [4.69, 9.17) is 5.73 Å². The van der Waals surface area contributed by atoms with Gasteiger partial charge in [-0.15, -0.1) is 5.11 Å². The smallest absolute Gasteiger partial charge is 0.165 e. The second-order valence-corrected chi connectivity index (χ2v) is 3.20. The summed E-state index contributed by atoms with van der Waals surface area (Å²) in [5.74, 6) is 0.661. The Morgan fingerprint density at radius 1 is 1.29 bits per heavy atom. The minimum atomic E-state index is -0.136. The van der Waals surface area contributed by atoms with Gasteiger partial charge in [0.05, 0.1) is 6.04 Å². The molecule has 1 aliphatic rings. The van der Waals surface area contributed by atoms with Crippen molar-refractivity contribution in [1.82, 2.24) is 0 Å². The fourth-order valence-corrected chi connectivity index (χ4v) is 1.39. The van der Waals surface area contributed by atoms with E-state index in [0.29, 0.717) is 12.5 Å². The van der Waals surface area contributed by atoms with Gasteiger partial charge in [-0.2, -0.15) is 5.11 Å². The standard InChI is InChI=1S/C10H12N4/c11-9(10-12-7-13-14-10)6-8-4-2-1-3-5-8/h1-5,9H,6-7,11H2/t9-/m0/s1. The van der Waals surface area contributed by atoms with Gasteiger partial charge < -0.3 is 5.73 Å². The van der Waals surface area contributed by atoms with Gasteiger partial charge in [-0.05, 0) is 12.0 Å². The average molecular weight is 188 g/mol. The second-order valence-electron chi connectivity index (χ2n) is 3.20. The van der Waals surface area contributed by atoms with Gasteiger partial charge >= 0.3 is 0 Å². The van der Waals surface area contributed by atoms with E-state index in [1.165, 1.54) is 5.56 Å². The van der Waals surface area contributed by atoms with Crippen molar-refractivity contribution in [3.05, 3.63) is 35.9 Å². The summed E-state index contributed by atoms with van der Waals surface area (Å²) >= 11 is 0. The first-order valence-electron chi connectivity index (χ1n) is 4.57. The van der Waals surface area contributed by atoms with Gasteiger partial charge in [0.1, 0.15) is 0 Å². The highest BCUT2D eigenvalue weighted by Crippen LogP contribution is 2.06. The van der Waals surface area contributed by atoms with Crippen LogP contribution in [0.1, 0.15) is 5.56 Å². The van der Waals surface area contributed by atoms with E-state index in [-0.39, 0.29) is 6.04 Å². The highest BCUT2D eigenvalue weighted by atomic mass is 15.3. The Labute approximate surface area is 82.6 Å². The van der Waals surface area contributed by atoms with E-state index in [1.807, 2.05) is 30.3 Å². The van der Waals surface area contributed by atoms with E-state index in [9.17, 15) is 0 Å². The van der Waals surface area contributed by atoms with Crippen molar-refractivity contribution in [3.63, 3.8) is 0 Å². The zero-order valence-electron chi connectivity index (χ0n) is 7.80. The first-order chi connectivity index (χ1) is 6.86. The normalized spacial score (nSPS) is 16.8. The van der Waals surface area contributed by atoms with Crippen molar-refractivity contribution in [2.75, 3.05) is 6.67 Å². The van der Waals surface area contributed by atoms with E-state index in [2.05, 4.69) is 15.2 Å². The van der Waals surface area contributed by atoms with Crippen LogP contribution in [-0.4, -0.2) is 18.5 Å². The molecule has 2 rings (SSSR count). The van der Waals surface area contributed by atoms with Crippen LogP contribution in [0.15, 0.2) is 45.6 Å². The topological polar surface area (TPSA) is 63.1 Å². The largest absolute Gasteiger partial charge is 0.321 e. The lowest BCUT2D eigenvalue weighted by atomic mass is 10.1. The zero-order chi connectivity index (χ0) is 9.80. The molecule has 0 radical (unpaired) electrons. The molecule has 0 amide bonds.